The van der Waals surface area contributed by atoms with E-state index in [1.165, 1.54) is 45.0 Å². The van der Waals surface area contributed by atoms with Crippen molar-refractivity contribution in [1.82, 2.24) is 25.0 Å². The van der Waals surface area contributed by atoms with Crippen LogP contribution in [0.4, 0.5) is 9.52 Å². The Morgan fingerprint density at radius 1 is 1.16 bits per heavy atom. The second-order valence-corrected chi connectivity index (χ2v) is 6.60. The first kappa shape index (κ1) is 15.5. The van der Waals surface area contributed by atoms with Crippen LogP contribution in [0.3, 0.4) is 0 Å². The summed E-state index contributed by atoms with van der Waals surface area (Å²) in [7, 11) is 0. The third-order valence-electron chi connectivity index (χ3n) is 3.20. The van der Waals surface area contributed by atoms with E-state index in [0.717, 1.165) is 4.88 Å². The fourth-order valence-corrected chi connectivity index (χ4v) is 3.25. The van der Waals surface area contributed by atoms with Crippen molar-refractivity contribution >= 4 is 33.7 Å². The molecule has 4 aromatic rings. The van der Waals surface area contributed by atoms with Crippen molar-refractivity contribution in [2.75, 3.05) is 5.32 Å². The highest BCUT2D eigenvalue weighted by atomic mass is 32.1. The van der Waals surface area contributed by atoms with E-state index in [0.29, 0.717) is 16.6 Å². The second kappa shape index (κ2) is 6.49. The molecule has 0 bridgehead atoms. The smallest absolute Gasteiger partial charge is 0.294 e. The number of amides is 1. The Balaban J connectivity index is 1.75. The number of carbonyl (C=O) groups excluding carboxylic acids is 1. The zero-order chi connectivity index (χ0) is 17.2. The number of rotatable bonds is 4. The molecule has 0 fully saturated rings. The van der Waals surface area contributed by atoms with Crippen molar-refractivity contribution in [3.63, 3.8) is 0 Å². The summed E-state index contributed by atoms with van der Waals surface area (Å²) in [5.41, 5.74) is 2.12. The maximum Gasteiger partial charge on any atom is 0.297 e. The molecule has 0 aliphatic heterocycles. The number of benzene rings is 1. The van der Waals surface area contributed by atoms with Gasteiger partial charge in [0.25, 0.3) is 5.91 Å². The highest BCUT2D eigenvalue weighted by Crippen LogP contribution is 2.26. The number of nitrogens with zero attached hydrogens (tertiary/aromatic N) is 5. The average molecular weight is 372 g/mol. The largest absolute Gasteiger partial charge is 0.297 e. The number of aromatic nitrogens is 5. The molecule has 7 nitrogen and oxygen atoms in total. The lowest BCUT2D eigenvalue weighted by Gasteiger charge is -2.03. The summed E-state index contributed by atoms with van der Waals surface area (Å²) in [5.74, 6) is -0.349. The van der Waals surface area contributed by atoms with Crippen molar-refractivity contribution in [3.8, 4) is 16.4 Å². The Bertz CT molecular complexity index is 996. The molecule has 0 spiro atoms. The minimum Gasteiger partial charge on any atom is -0.294 e. The molecule has 1 amide bonds. The van der Waals surface area contributed by atoms with E-state index in [-0.39, 0.29) is 11.6 Å². The van der Waals surface area contributed by atoms with Crippen LogP contribution >= 0.6 is 22.7 Å². The van der Waals surface area contributed by atoms with Gasteiger partial charge < -0.3 is 0 Å². The number of halogens is 1. The molecule has 25 heavy (non-hydrogen) atoms. The maximum absolute atomic E-state index is 13.2. The van der Waals surface area contributed by atoms with E-state index >= 15 is 0 Å². The van der Waals surface area contributed by atoms with Gasteiger partial charge in [0.1, 0.15) is 11.3 Å². The molecule has 0 saturated carbocycles. The van der Waals surface area contributed by atoms with Gasteiger partial charge in [0.2, 0.25) is 11.0 Å². The molecule has 124 valence electrons. The Labute approximate surface area is 148 Å². The standard InChI is InChI=1S/C15H9FN6OS2/c16-9-3-5-10(6-4-9)22-13(11-2-1-7-24-11)18-12(21-22)14(23)19-15-20-17-8-25-15/h1-8H,(H,19,20,23). The van der Waals surface area contributed by atoms with E-state index in [4.69, 9.17) is 0 Å². The third kappa shape index (κ3) is 3.16. The van der Waals surface area contributed by atoms with Crippen LogP contribution in [0.2, 0.25) is 0 Å². The van der Waals surface area contributed by atoms with Gasteiger partial charge in [-0.05, 0) is 35.7 Å². The van der Waals surface area contributed by atoms with E-state index in [1.54, 1.807) is 12.1 Å². The predicted octanol–water partition coefficient (Wildman–Crippen LogP) is 3.24. The summed E-state index contributed by atoms with van der Waals surface area (Å²) in [6.07, 6.45) is 0. The van der Waals surface area contributed by atoms with Crippen LogP contribution in [-0.4, -0.2) is 30.9 Å². The van der Waals surface area contributed by atoms with E-state index in [9.17, 15) is 9.18 Å². The van der Waals surface area contributed by atoms with Crippen molar-refractivity contribution < 1.29 is 9.18 Å². The molecule has 0 atom stereocenters. The van der Waals surface area contributed by atoms with Crippen LogP contribution in [0.25, 0.3) is 16.4 Å². The lowest BCUT2D eigenvalue weighted by Crippen LogP contribution is -2.14. The van der Waals surface area contributed by atoms with Crippen molar-refractivity contribution in [2.24, 2.45) is 0 Å². The topological polar surface area (TPSA) is 85.6 Å². The van der Waals surface area contributed by atoms with Gasteiger partial charge in [0.15, 0.2) is 5.82 Å². The summed E-state index contributed by atoms with van der Waals surface area (Å²) >= 11 is 2.67. The third-order valence-corrected chi connectivity index (χ3v) is 4.68. The molecule has 0 unspecified atom stereocenters. The molecule has 0 aliphatic rings. The number of nitrogens with one attached hydrogen (secondary N) is 1. The fourth-order valence-electron chi connectivity index (χ4n) is 2.12. The quantitative estimate of drug-likeness (QED) is 0.594. The molecule has 3 aromatic heterocycles. The predicted molar refractivity (Wildman–Crippen MR) is 92.5 cm³/mol. The van der Waals surface area contributed by atoms with Crippen molar-refractivity contribution in [2.45, 2.75) is 0 Å². The van der Waals surface area contributed by atoms with Crippen LogP contribution in [0.15, 0.2) is 47.3 Å². The Hall–Kier alpha value is -2.98. The number of thiophene rings is 1. The SMILES string of the molecule is O=C(Nc1nncs1)c1nc(-c2cccs2)n(-c2ccc(F)cc2)n1. The molecule has 10 heteroatoms. The number of anilines is 1. The zero-order valence-electron chi connectivity index (χ0n) is 12.5. The van der Waals surface area contributed by atoms with Gasteiger partial charge in [0.05, 0.1) is 10.6 Å². The number of carbonyl (C=O) groups is 1. The van der Waals surface area contributed by atoms with Gasteiger partial charge >= 0.3 is 0 Å². The van der Waals surface area contributed by atoms with E-state index in [2.05, 4.69) is 25.6 Å². The molecule has 0 aliphatic carbocycles. The van der Waals surface area contributed by atoms with Gasteiger partial charge in [-0.3, -0.25) is 10.1 Å². The van der Waals surface area contributed by atoms with Gasteiger partial charge in [0, 0.05) is 0 Å². The van der Waals surface area contributed by atoms with Crippen LogP contribution < -0.4 is 5.32 Å². The average Bonchev–Trinajstić information content (AvgIpc) is 3.36. The Kier molecular flexibility index (Phi) is 4.04. The minimum absolute atomic E-state index is 0.0112. The summed E-state index contributed by atoms with van der Waals surface area (Å²) in [4.78, 5) is 17.5. The van der Waals surface area contributed by atoms with Crippen LogP contribution in [-0.2, 0) is 0 Å². The summed E-state index contributed by atoms with van der Waals surface area (Å²) < 4.78 is 14.7. The van der Waals surface area contributed by atoms with Gasteiger partial charge in [-0.25, -0.2) is 14.1 Å². The maximum atomic E-state index is 13.2. The first-order chi connectivity index (χ1) is 12.2. The number of hydrogen-bond acceptors (Lipinski definition) is 7. The first-order valence-electron chi connectivity index (χ1n) is 7.05. The summed E-state index contributed by atoms with van der Waals surface area (Å²) in [5, 5.41) is 16.6. The lowest BCUT2D eigenvalue weighted by atomic mass is 10.3. The highest BCUT2D eigenvalue weighted by molar-refractivity contribution is 7.13. The zero-order valence-corrected chi connectivity index (χ0v) is 14.1. The van der Waals surface area contributed by atoms with Gasteiger partial charge in [-0.15, -0.1) is 26.6 Å². The van der Waals surface area contributed by atoms with Crippen molar-refractivity contribution in [3.05, 3.63) is 58.9 Å². The van der Waals surface area contributed by atoms with E-state index in [1.807, 2.05) is 17.5 Å². The molecule has 0 radical (unpaired) electrons. The second-order valence-electron chi connectivity index (χ2n) is 4.82. The molecule has 1 aromatic carbocycles. The van der Waals surface area contributed by atoms with Crippen LogP contribution in [0.1, 0.15) is 10.6 Å². The summed E-state index contributed by atoms with van der Waals surface area (Å²) in [6.45, 7) is 0. The fraction of sp³-hybridized carbons (Fsp3) is 0. The van der Waals surface area contributed by atoms with Gasteiger partial charge in [-0.1, -0.05) is 17.4 Å². The molecular weight excluding hydrogens is 363 g/mol. The minimum atomic E-state index is -0.490. The highest BCUT2D eigenvalue weighted by Gasteiger charge is 2.20. The van der Waals surface area contributed by atoms with Crippen LogP contribution in [0.5, 0.6) is 0 Å². The van der Waals surface area contributed by atoms with Crippen LogP contribution in [0, 0.1) is 5.82 Å². The Morgan fingerprint density at radius 3 is 2.68 bits per heavy atom. The van der Waals surface area contributed by atoms with E-state index < -0.39 is 5.91 Å². The molecule has 1 N–H and O–H groups in total. The normalized spacial score (nSPS) is 10.8. The molecule has 3 heterocycles. The Morgan fingerprint density at radius 2 is 2.00 bits per heavy atom. The monoisotopic (exact) mass is 372 g/mol. The number of hydrogen-bond donors (Lipinski definition) is 1. The molecule has 4 rings (SSSR count). The van der Waals surface area contributed by atoms with Gasteiger partial charge in [-0.2, -0.15) is 0 Å². The lowest BCUT2D eigenvalue weighted by molar-refractivity contribution is 0.101. The van der Waals surface area contributed by atoms with Crippen molar-refractivity contribution in [1.29, 1.82) is 0 Å². The summed E-state index contributed by atoms with van der Waals surface area (Å²) in [6, 6.07) is 9.57. The molecular formula is C15H9FN6OS2. The molecule has 0 saturated heterocycles. The first-order valence-corrected chi connectivity index (χ1v) is 8.81.